The molecule has 0 atom stereocenters. The van der Waals surface area contributed by atoms with Crippen LogP contribution in [0.3, 0.4) is 0 Å². The van der Waals surface area contributed by atoms with Crippen LogP contribution < -0.4 is 0 Å². The van der Waals surface area contributed by atoms with E-state index in [0.29, 0.717) is 23.2 Å². The van der Waals surface area contributed by atoms with Gasteiger partial charge >= 0.3 is 126 Å². The summed E-state index contributed by atoms with van der Waals surface area (Å²) >= 11 is -0.432. The van der Waals surface area contributed by atoms with Crippen molar-refractivity contribution in [2.45, 2.75) is 42.8 Å². The molecule has 6 heteroatoms. The Morgan fingerprint density at radius 1 is 1.15 bits per heavy atom. The fraction of sp³-hybridized carbons (Fsp3) is 0.500. The summed E-state index contributed by atoms with van der Waals surface area (Å²) in [5, 5.41) is 0.688. The van der Waals surface area contributed by atoms with Crippen molar-refractivity contribution >= 4 is 28.1 Å². The number of hydrogen-bond donors (Lipinski definition) is 0. The maximum atomic E-state index is 12.0. The zero-order chi connectivity index (χ0) is 14.8. The Bertz CT molecular complexity index is 499. The van der Waals surface area contributed by atoms with Gasteiger partial charge in [0, 0.05) is 0 Å². The van der Waals surface area contributed by atoms with Crippen molar-refractivity contribution in [3.8, 4) is 0 Å². The molecule has 0 fully saturated rings. The number of ether oxygens (including phenoxy) is 1. The Labute approximate surface area is 126 Å². The molecule has 0 saturated carbocycles. The van der Waals surface area contributed by atoms with E-state index in [0.717, 1.165) is 19.3 Å². The molecule has 0 spiro atoms. The minimum absolute atomic E-state index is 0.171. The first kappa shape index (κ1) is 17.2. The number of benzene rings is 1. The van der Waals surface area contributed by atoms with E-state index in [1.165, 1.54) is 0 Å². The third-order valence-electron chi connectivity index (χ3n) is 2.60. The molecule has 1 aromatic carbocycles. The van der Waals surface area contributed by atoms with E-state index in [2.05, 4.69) is 0 Å². The molecule has 0 saturated heterocycles. The topological polar surface area (TPSA) is 60.4 Å². The van der Waals surface area contributed by atoms with Crippen molar-refractivity contribution in [3.63, 3.8) is 0 Å². The predicted molar refractivity (Wildman–Crippen MR) is 79.3 cm³/mol. The Kier molecular flexibility index (Phi) is 7.88. The summed E-state index contributed by atoms with van der Waals surface area (Å²) < 4.78 is 28.9. The van der Waals surface area contributed by atoms with Crippen LogP contribution in [0, 0.1) is 0 Å². The molecule has 0 amide bonds. The summed E-state index contributed by atoms with van der Waals surface area (Å²) in [6, 6.07) is 8.56. The van der Waals surface area contributed by atoms with Gasteiger partial charge in [0.25, 0.3) is 0 Å². The van der Waals surface area contributed by atoms with Crippen molar-refractivity contribution in [1.29, 1.82) is 0 Å². The second kappa shape index (κ2) is 9.16. The van der Waals surface area contributed by atoms with Gasteiger partial charge in [-0.1, -0.05) is 0 Å². The van der Waals surface area contributed by atoms with Crippen LogP contribution in [0.5, 0.6) is 0 Å². The Hall–Kier alpha value is -0.841. The molecule has 0 bridgehead atoms. The summed E-state index contributed by atoms with van der Waals surface area (Å²) in [7, 11) is -3.10. The van der Waals surface area contributed by atoms with Crippen LogP contribution in [0.1, 0.15) is 32.6 Å². The third kappa shape index (κ3) is 6.55. The quantitative estimate of drug-likeness (QED) is 0.384. The van der Waals surface area contributed by atoms with Gasteiger partial charge < -0.3 is 0 Å². The first-order valence-corrected chi connectivity index (χ1v) is 11.4. The Morgan fingerprint density at radius 3 is 2.50 bits per heavy atom. The summed E-state index contributed by atoms with van der Waals surface area (Å²) in [5.41, 5.74) is 0. The molecule has 20 heavy (non-hydrogen) atoms. The van der Waals surface area contributed by atoms with Gasteiger partial charge in [0.15, 0.2) is 0 Å². The Balaban J connectivity index is 2.20. The van der Waals surface area contributed by atoms with Crippen LogP contribution >= 0.6 is 0 Å². The molecule has 0 aliphatic carbocycles. The number of carbonyl (C=O) groups excluding carboxylic acids is 1. The first-order valence-electron chi connectivity index (χ1n) is 6.66. The average molecular weight is 363 g/mol. The van der Waals surface area contributed by atoms with Crippen molar-refractivity contribution in [1.82, 2.24) is 0 Å². The van der Waals surface area contributed by atoms with Gasteiger partial charge in [-0.05, 0) is 0 Å². The van der Waals surface area contributed by atoms with E-state index in [1.54, 1.807) is 37.3 Å². The monoisotopic (exact) mass is 364 g/mol. The molecule has 0 heterocycles. The van der Waals surface area contributed by atoms with Crippen molar-refractivity contribution in [2.75, 3.05) is 6.61 Å². The van der Waals surface area contributed by atoms with Crippen LogP contribution in [0.2, 0.25) is 5.32 Å². The average Bonchev–Trinajstić information content (AvgIpc) is 2.44. The van der Waals surface area contributed by atoms with Gasteiger partial charge in [-0.15, -0.1) is 0 Å². The summed E-state index contributed by atoms with van der Waals surface area (Å²) in [6.45, 7) is 2.20. The first-order chi connectivity index (χ1) is 9.56. The van der Waals surface area contributed by atoms with E-state index in [9.17, 15) is 13.2 Å². The van der Waals surface area contributed by atoms with E-state index in [4.69, 9.17) is 4.74 Å². The van der Waals surface area contributed by atoms with Gasteiger partial charge in [-0.2, -0.15) is 0 Å². The second-order valence-corrected chi connectivity index (χ2v) is 10.9. The van der Waals surface area contributed by atoms with E-state index in [-0.39, 0.29) is 5.97 Å². The second-order valence-electron chi connectivity index (χ2n) is 4.20. The van der Waals surface area contributed by atoms with Crippen LogP contribution in [0.15, 0.2) is 35.2 Å². The molecular weight excluding hydrogens is 343 g/mol. The van der Waals surface area contributed by atoms with Crippen LogP contribution in [-0.4, -0.2) is 34.8 Å². The zero-order valence-corrected chi connectivity index (χ0v) is 14.1. The number of unbranched alkanes of at least 4 members (excludes halogenated alkanes) is 2. The number of esters is 1. The van der Waals surface area contributed by atoms with E-state index < -0.39 is 22.1 Å². The molecule has 0 radical (unpaired) electrons. The molecule has 0 aliphatic rings. The number of carbonyl (C=O) groups is 1. The molecule has 1 rings (SSSR count). The van der Waals surface area contributed by atoms with Gasteiger partial charge in [-0.25, -0.2) is 0 Å². The van der Waals surface area contributed by atoms with Crippen molar-refractivity contribution in [2.24, 2.45) is 0 Å². The summed E-state index contributed by atoms with van der Waals surface area (Å²) in [6.07, 6.45) is 2.89. The Morgan fingerprint density at radius 2 is 1.85 bits per heavy atom. The zero-order valence-electron chi connectivity index (χ0n) is 11.6. The van der Waals surface area contributed by atoms with Crippen LogP contribution in [0.25, 0.3) is 0 Å². The molecular formula is C14H20O4SSe. The molecule has 0 aromatic heterocycles. The molecule has 112 valence electrons. The van der Waals surface area contributed by atoms with E-state index >= 15 is 0 Å². The van der Waals surface area contributed by atoms with Gasteiger partial charge in [0.2, 0.25) is 0 Å². The standard InChI is InChI=1S/C14H20O4SSe/c1-2-18-14(15)11-7-4-8-12-20-19(16,17)13-9-5-3-6-10-13/h3,5-6,9-10H,2,4,7-8,11-12H2,1H3. The minimum atomic E-state index is -3.10. The summed E-state index contributed by atoms with van der Waals surface area (Å²) in [4.78, 5) is 11.5. The SMILES string of the molecule is CCOC(=O)CCCCC[Se]S(=O)(=O)c1ccccc1. The van der Waals surface area contributed by atoms with Gasteiger partial charge in [0.1, 0.15) is 0 Å². The molecule has 0 unspecified atom stereocenters. The van der Waals surface area contributed by atoms with Crippen LogP contribution in [0.4, 0.5) is 0 Å². The molecule has 4 nitrogen and oxygen atoms in total. The molecule has 0 N–H and O–H groups in total. The number of hydrogen-bond acceptors (Lipinski definition) is 4. The summed E-state index contributed by atoms with van der Waals surface area (Å²) in [5.74, 6) is -0.171. The van der Waals surface area contributed by atoms with Crippen molar-refractivity contribution in [3.05, 3.63) is 30.3 Å². The van der Waals surface area contributed by atoms with Gasteiger partial charge in [-0.3, -0.25) is 0 Å². The predicted octanol–water partition coefficient (Wildman–Crippen LogP) is 2.62. The normalized spacial score (nSPS) is 11.2. The fourth-order valence-corrected chi connectivity index (χ4v) is 6.68. The fourth-order valence-electron chi connectivity index (χ4n) is 1.61. The molecule has 0 aliphatic heterocycles. The maximum absolute atomic E-state index is 12.0. The number of rotatable bonds is 9. The molecule has 1 aromatic rings. The van der Waals surface area contributed by atoms with Crippen LogP contribution in [-0.2, 0) is 17.8 Å². The van der Waals surface area contributed by atoms with Gasteiger partial charge in [0.05, 0.1) is 0 Å². The van der Waals surface area contributed by atoms with E-state index in [1.807, 2.05) is 0 Å². The third-order valence-corrected chi connectivity index (χ3v) is 8.75. The van der Waals surface area contributed by atoms with Crippen molar-refractivity contribution < 1.29 is 17.9 Å².